The highest BCUT2D eigenvalue weighted by Crippen LogP contribution is 2.31. The molecule has 2 N–H and O–H groups in total. The van der Waals surface area contributed by atoms with Crippen molar-refractivity contribution in [3.8, 4) is 0 Å². The van der Waals surface area contributed by atoms with E-state index in [4.69, 9.17) is 23.2 Å². The Morgan fingerprint density at radius 3 is 2.61 bits per heavy atom. The molecule has 3 nitrogen and oxygen atoms in total. The Hall–Kier alpha value is -0.970. The molecule has 1 unspecified atom stereocenters. The Labute approximate surface area is 120 Å². The summed E-state index contributed by atoms with van der Waals surface area (Å²) in [6, 6.07) is 3.91. The first-order valence-corrected chi connectivity index (χ1v) is 7.14. The van der Waals surface area contributed by atoms with Gasteiger partial charge in [0, 0.05) is 7.05 Å². The third-order valence-electron chi connectivity index (χ3n) is 2.56. The zero-order valence-corrected chi connectivity index (χ0v) is 12.3. The Morgan fingerprint density at radius 2 is 2.00 bits per heavy atom. The van der Waals surface area contributed by atoms with Crippen molar-refractivity contribution in [2.24, 2.45) is 0 Å². The summed E-state index contributed by atoms with van der Waals surface area (Å²) in [6.45, 7) is 2.06. The lowest BCUT2D eigenvalue weighted by atomic mass is 10.2. The zero-order chi connectivity index (χ0) is 13.1. The van der Waals surface area contributed by atoms with Gasteiger partial charge in [0.15, 0.2) is 0 Å². The predicted octanol–water partition coefficient (Wildman–Crippen LogP) is 4.66. The third kappa shape index (κ3) is 2.88. The van der Waals surface area contributed by atoms with Crippen LogP contribution in [0.25, 0.3) is 0 Å². The molecule has 2 aromatic heterocycles. The van der Waals surface area contributed by atoms with Crippen LogP contribution in [0, 0.1) is 0 Å². The van der Waals surface area contributed by atoms with Crippen molar-refractivity contribution in [1.82, 2.24) is 4.98 Å². The first-order chi connectivity index (χ1) is 8.61. The van der Waals surface area contributed by atoms with Crippen LogP contribution in [0.2, 0.25) is 10.0 Å². The average Bonchev–Trinajstić information content (AvgIpc) is 2.86. The molecular weight excluding hydrogens is 289 g/mol. The molecule has 0 radical (unpaired) electrons. The number of thiophene rings is 1. The average molecular weight is 302 g/mol. The Kier molecular flexibility index (Phi) is 4.32. The van der Waals surface area contributed by atoms with Gasteiger partial charge in [-0.05, 0) is 35.4 Å². The minimum absolute atomic E-state index is 0.145. The van der Waals surface area contributed by atoms with E-state index in [2.05, 4.69) is 34.0 Å². The van der Waals surface area contributed by atoms with E-state index in [0.717, 1.165) is 0 Å². The van der Waals surface area contributed by atoms with Crippen LogP contribution in [0.1, 0.15) is 18.5 Å². The zero-order valence-electron chi connectivity index (χ0n) is 10.00. The highest BCUT2D eigenvalue weighted by Gasteiger charge is 2.12. The quantitative estimate of drug-likeness (QED) is 0.862. The number of nitrogens with zero attached hydrogens (tertiary/aromatic N) is 1. The number of hydrogen-bond acceptors (Lipinski definition) is 4. The summed E-state index contributed by atoms with van der Waals surface area (Å²) in [4.78, 5) is 4.36. The molecule has 0 fully saturated rings. The second kappa shape index (κ2) is 5.78. The van der Waals surface area contributed by atoms with E-state index >= 15 is 0 Å². The second-order valence-electron chi connectivity index (χ2n) is 3.82. The van der Waals surface area contributed by atoms with E-state index in [1.54, 1.807) is 24.5 Å². The van der Waals surface area contributed by atoms with Gasteiger partial charge in [0.1, 0.15) is 11.6 Å². The molecule has 0 aliphatic carbocycles. The number of aromatic nitrogens is 1. The van der Waals surface area contributed by atoms with Crippen LogP contribution in [0.15, 0.2) is 22.9 Å². The van der Waals surface area contributed by atoms with Gasteiger partial charge in [-0.15, -0.1) is 0 Å². The fourth-order valence-electron chi connectivity index (χ4n) is 1.55. The molecule has 2 heterocycles. The van der Waals surface area contributed by atoms with Gasteiger partial charge in [0.05, 0.1) is 16.1 Å². The van der Waals surface area contributed by atoms with Crippen LogP contribution in [-0.2, 0) is 0 Å². The monoisotopic (exact) mass is 301 g/mol. The lowest BCUT2D eigenvalue weighted by Gasteiger charge is -2.16. The van der Waals surface area contributed by atoms with Crippen LogP contribution < -0.4 is 10.6 Å². The van der Waals surface area contributed by atoms with Crippen LogP contribution in [0.5, 0.6) is 0 Å². The van der Waals surface area contributed by atoms with Gasteiger partial charge < -0.3 is 10.6 Å². The van der Waals surface area contributed by atoms with Crippen molar-refractivity contribution in [2.45, 2.75) is 13.0 Å². The number of nitrogens with one attached hydrogen (secondary N) is 2. The molecule has 0 saturated heterocycles. The van der Waals surface area contributed by atoms with E-state index < -0.39 is 0 Å². The van der Waals surface area contributed by atoms with Crippen molar-refractivity contribution >= 4 is 46.2 Å². The van der Waals surface area contributed by atoms with Crippen LogP contribution in [-0.4, -0.2) is 12.0 Å². The number of halogens is 2. The number of hydrogen-bond donors (Lipinski definition) is 2. The smallest absolute Gasteiger partial charge is 0.147 e. The lowest BCUT2D eigenvalue weighted by molar-refractivity contribution is 0.880. The highest BCUT2D eigenvalue weighted by molar-refractivity contribution is 7.08. The number of pyridine rings is 1. The second-order valence-corrected chi connectivity index (χ2v) is 5.42. The van der Waals surface area contributed by atoms with Crippen molar-refractivity contribution < 1.29 is 0 Å². The van der Waals surface area contributed by atoms with Gasteiger partial charge in [-0.2, -0.15) is 11.3 Å². The molecule has 2 aromatic rings. The first-order valence-electron chi connectivity index (χ1n) is 5.44. The van der Waals surface area contributed by atoms with E-state index in [9.17, 15) is 0 Å². The molecule has 0 saturated carbocycles. The SMILES string of the molecule is CNc1nc(NC(C)c2ccsc2)c(Cl)cc1Cl. The molecule has 0 spiro atoms. The molecule has 2 rings (SSSR count). The maximum absolute atomic E-state index is 6.13. The molecule has 96 valence electrons. The summed E-state index contributed by atoms with van der Waals surface area (Å²) in [5.41, 5.74) is 1.21. The number of anilines is 2. The molecule has 0 aromatic carbocycles. The minimum atomic E-state index is 0.145. The largest absolute Gasteiger partial charge is 0.372 e. The molecule has 0 bridgehead atoms. The first kappa shape index (κ1) is 13.5. The Bertz CT molecular complexity index is 528. The molecule has 0 aliphatic heterocycles. The van der Waals surface area contributed by atoms with E-state index in [0.29, 0.717) is 21.7 Å². The van der Waals surface area contributed by atoms with Crippen molar-refractivity contribution in [1.29, 1.82) is 0 Å². The van der Waals surface area contributed by atoms with Crippen molar-refractivity contribution in [3.63, 3.8) is 0 Å². The fourth-order valence-corrected chi connectivity index (χ4v) is 2.81. The van der Waals surface area contributed by atoms with Crippen LogP contribution in [0.4, 0.5) is 11.6 Å². The molecule has 1 atom stereocenters. The summed E-state index contributed by atoms with van der Waals surface area (Å²) < 4.78 is 0. The van der Waals surface area contributed by atoms with Gasteiger partial charge in [-0.1, -0.05) is 23.2 Å². The number of rotatable bonds is 4. The summed E-state index contributed by atoms with van der Waals surface area (Å²) in [6.07, 6.45) is 0. The molecule has 0 amide bonds. The molecule has 0 aliphatic rings. The highest BCUT2D eigenvalue weighted by atomic mass is 35.5. The summed E-state index contributed by atoms with van der Waals surface area (Å²) >= 11 is 13.8. The van der Waals surface area contributed by atoms with Crippen molar-refractivity contribution in [3.05, 3.63) is 38.5 Å². The Morgan fingerprint density at radius 1 is 1.28 bits per heavy atom. The maximum Gasteiger partial charge on any atom is 0.147 e. The normalized spacial score (nSPS) is 12.2. The van der Waals surface area contributed by atoms with E-state index in [1.165, 1.54) is 5.56 Å². The third-order valence-corrected chi connectivity index (χ3v) is 3.84. The van der Waals surface area contributed by atoms with E-state index in [-0.39, 0.29) is 6.04 Å². The van der Waals surface area contributed by atoms with Crippen molar-refractivity contribution in [2.75, 3.05) is 17.7 Å². The van der Waals surface area contributed by atoms with Gasteiger partial charge in [-0.25, -0.2) is 4.98 Å². The van der Waals surface area contributed by atoms with Crippen LogP contribution in [0.3, 0.4) is 0 Å². The molecule has 18 heavy (non-hydrogen) atoms. The van der Waals surface area contributed by atoms with Gasteiger partial charge >= 0.3 is 0 Å². The van der Waals surface area contributed by atoms with Gasteiger partial charge in [0.2, 0.25) is 0 Å². The standard InChI is InChI=1S/C12H13Cl2N3S/c1-7(8-3-4-18-6-8)16-12-10(14)5-9(13)11(15-2)17-12/h3-7H,1-2H3,(H2,15,16,17). The van der Waals surface area contributed by atoms with Crippen LogP contribution >= 0.6 is 34.5 Å². The van der Waals surface area contributed by atoms with E-state index in [1.807, 2.05) is 5.38 Å². The minimum Gasteiger partial charge on any atom is -0.372 e. The molecule has 6 heteroatoms. The maximum atomic E-state index is 6.13. The predicted molar refractivity (Wildman–Crippen MR) is 80.2 cm³/mol. The fraction of sp³-hybridized carbons (Fsp3) is 0.250. The topological polar surface area (TPSA) is 37.0 Å². The van der Waals surface area contributed by atoms with Gasteiger partial charge in [0.25, 0.3) is 0 Å². The lowest BCUT2D eigenvalue weighted by Crippen LogP contribution is -2.08. The molecular formula is C12H13Cl2N3S. The summed E-state index contributed by atoms with van der Waals surface area (Å²) in [7, 11) is 1.77. The Balaban J connectivity index is 2.23. The summed E-state index contributed by atoms with van der Waals surface area (Å²) in [5.74, 6) is 1.24. The summed E-state index contributed by atoms with van der Waals surface area (Å²) in [5, 5.41) is 11.4. The van der Waals surface area contributed by atoms with Gasteiger partial charge in [-0.3, -0.25) is 0 Å².